The minimum atomic E-state index is -0.0592. The van der Waals surface area contributed by atoms with Crippen LogP contribution in [0.2, 0.25) is 0 Å². The van der Waals surface area contributed by atoms with E-state index in [2.05, 4.69) is 12.2 Å². The van der Waals surface area contributed by atoms with E-state index >= 15 is 0 Å². The molecule has 84 valence electrons. The summed E-state index contributed by atoms with van der Waals surface area (Å²) in [4.78, 5) is 0. The maximum absolute atomic E-state index is 13.8. The van der Waals surface area contributed by atoms with E-state index in [9.17, 15) is 4.39 Å². The highest BCUT2D eigenvalue weighted by Gasteiger charge is 2.13. The lowest BCUT2D eigenvalue weighted by Crippen LogP contribution is -2.12. The van der Waals surface area contributed by atoms with Crippen molar-refractivity contribution in [2.24, 2.45) is 0 Å². The second kappa shape index (κ2) is 5.26. The molecule has 1 unspecified atom stereocenters. The minimum Gasteiger partial charge on any atom is -0.320 e. The summed E-state index contributed by atoms with van der Waals surface area (Å²) >= 11 is 0. The van der Waals surface area contributed by atoms with Gasteiger partial charge in [0.05, 0.1) is 0 Å². The van der Waals surface area contributed by atoms with Gasteiger partial charge in [-0.15, -0.1) is 0 Å². The Balaban J connectivity index is 2.92. The Morgan fingerprint density at radius 2 is 2.00 bits per heavy atom. The van der Waals surface area contributed by atoms with Crippen molar-refractivity contribution in [1.29, 1.82) is 0 Å². The molecule has 1 aromatic carbocycles. The van der Waals surface area contributed by atoms with Crippen LogP contribution in [0.4, 0.5) is 4.39 Å². The van der Waals surface area contributed by atoms with Crippen molar-refractivity contribution in [1.82, 2.24) is 5.32 Å². The fourth-order valence-electron chi connectivity index (χ4n) is 2.06. The highest BCUT2D eigenvalue weighted by Crippen LogP contribution is 2.26. The minimum absolute atomic E-state index is 0.0592. The summed E-state index contributed by atoms with van der Waals surface area (Å²) in [5.41, 5.74) is 2.93. The van der Waals surface area contributed by atoms with Crippen LogP contribution in [-0.4, -0.2) is 13.6 Å². The Labute approximate surface area is 91.7 Å². The maximum Gasteiger partial charge on any atom is 0.127 e. The lowest BCUT2D eigenvalue weighted by Gasteiger charge is -2.16. The molecule has 0 bridgehead atoms. The fraction of sp³-hybridized carbons (Fsp3) is 0.538. The van der Waals surface area contributed by atoms with E-state index in [0.29, 0.717) is 0 Å². The number of aryl methyl sites for hydroxylation is 2. The van der Waals surface area contributed by atoms with Crippen molar-refractivity contribution in [2.75, 3.05) is 13.6 Å². The van der Waals surface area contributed by atoms with Crippen molar-refractivity contribution >= 4 is 0 Å². The van der Waals surface area contributed by atoms with Gasteiger partial charge in [-0.3, -0.25) is 0 Å². The molecular formula is C13H20FN. The maximum atomic E-state index is 13.8. The normalized spacial score (nSPS) is 12.9. The summed E-state index contributed by atoms with van der Waals surface area (Å²) in [5, 5.41) is 3.10. The summed E-state index contributed by atoms with van der Waals surface area (Å²) in [6.45, 7) is 6.92. The number of nitrogens with one attached hydrogen (secondary N) is 1. The molecular weight excluding hydrogens is 189 g/mol. The molecule has 0 aromatic heterocycles. The van der Waals surface area contributed by atoms with Gasteiger partial charge in [0, 0.05) is 0 Å². The monoisotopic (exact) mass is 209 g/mol. The molecule has 2 heteroatoms. The molecule has 1 rings (SSSR count). The first kappa shape index (κ1) is 12.2. The standard InChI is InChI=1S/C13H20FN/c1-9-7-11(3)13(12(14)8-9)10(2)5-6-15-4/h7-8,10,15H,5-6H2,1-4H3. The van der Waals surface area contributed by atoms with Crippen molar-refractivity contribution in [3.05, 3.63) is 34.6 Å². The molecule has 0 saturated carbocycles. The zero-order chi connectivity index (χ0) is 11.4. The Kier molecular flexibility index (Phi) is 4.28. The van der Waals surface area contributed by atoms with Crippen LogP contribution in [0.3, 0.4) is 0 Å². The second-order valence-corrected chi connectivity index (χ2v) is 4.27. The van der Waals surface area contributed by atoms with Crippen LogP contribution in [0.1, 0.15) is 36.0 Å². The topological polar surface area (TPSA) is 12.0 Å². The number of hydrogen-bond acceptors (Lipinski definition) is 1. The third-order valence-electron chi connectivity index (χ3n) is 2.80. The highest BCUT2D eigenvalue weighted by atomic mass is 19.1. The van der Waals surface area contributed by atoms with Gasteiger partial charge in [0.2, 0.25) is 0 Å². The third kappa shape index (κ3) is 3.03. The Bertz CT molecular complexity index is 310. The fourth-order valence-corrected chi connectivity index (χ4v) is 2.06. The smallest absolute Gasteiger partial charge is 0.127 e. The van der Waals surface area contributed by atoms with Crippen LogP contribution in [0.15, 0.2) is 12.1 Å². The molecule has 1 N–H and O–H groups in total. The highest BCUT2D eigenvalue weighted by molar-refractivity contribution is 5.34. The number of rotatable bonds is 4. The Morgan fingerprint density at radius 3 is 2.53 bits per heavy atom. The van der Waals surface area contributed by atoms with E-state index in [1.54, 1.807) is 6.07 Å². The molecule has 0 aliphatic heterocycles. The van der Waals surface area contributed by atoms with Crippen LogP contribution >= 0.6 is 0 Å². The van der Waals surface area contributed by atoms with Gasteiger partial charge in [-0.05, 0) is 62.5 Å². The summed E-state index contributed by atoms with van der Waals surface area (Å²) in [7, 11) is 1.92. The van der Waals surface area contributed by atoms with Gasteiger partial charge >= 0.3 is 0 Å². The van der Waals surface area contributed by atoms with Crippen LogP contribution in [0.25, 0.3) is 0 Å². The van der Waals surface area contributed by atoms with E-state index in [4.69, 9.17) is 0 Å². The van der Waals surface area contributed by atoms with Crippen LogP contribution in [-0.2, 0) is 0 Å². The van der Waals surface area contributed by atoms with E-state index in [-0.39, 0.29) is 11.7 Å². The van der Waals surface area contributed by atoms with E-state index in [1.165, 1.54) is 0 Å². The Hall–Kier alpha value is -0.890. The average molecular weight is 209 g/mol. The van der Waals surface area contributed by atoms with Crippen molar-refractivity contribution in [3.8, 4) is 0 Å². The molecule has 0 fully saturated rings. The zero-order valence-corrected chi connectivity index (χ0v) is 10.0. The van der Waals surface area contributed by atoms with Crippen molar-refractivity contribution < 1.29 is 4.39 Å². The molecule has 0 spiro atoms. The zero-order valence-electron chi connectivity index (χ0n) is 10.0. The Morgan fingerprint density at radius 1 is 1.33 bits per heavy atom. The molecule has 0 radical (unpaired) electrons. The molecule has 0 heterocycles. The number of hydrogen-bond donors (Lipinski definition) is 1. The average Bonchev–Trinajstić information content (AvgIpc) is 2.12. The van der Waals surface area contributed by atoms with Gasteiger partial charge in [-0.25, -0.2) is 4.39 Å². The summed E-state index contributed by atoms with van der Waals surface area (Å²) in [6.07, 6.45) is 0.970. The van der Waals surface area contributed by atoms with E-state index in [0.717, 1.165) is 29.7 Å². The van der Waals surface area contributed by atoms with Crippen LogP contribution < -0.4 is 5.32 Å². The second-order valence-electron chi connectivity index (χ2n) is 4.27. The molecule has 1 nitrogen and oxygen atoms in total. The van der Waals surface area contributed by atoms with Gasteiger partial charge in [-0.1, -0.05) is 13.0 Å². The van der Waals surface area contributed by atoms with Gasteiger partial charge in [0.15, 0.2) is 0 Å². The predicted octanol–water partition coefficient (Wildman–Crippen LogP) is 3.16. The molecule has 0 aliphatic rings. The van der Waals surface area contributed by atoms with Gasteiger partial charge < -0.3 is 5.32 Å². The summed E-state index contributed by atoms with van der Waals surface area (Å²) in [5.74, 6) is 0.217. The van der Waals surface area contributed by atoms with Gasteiger partial charge in [-0.2, -0.15) is 0 Å². The van der Waals surface area contributed by atoms with E-state index < -0.39 is 0 Å². The molecule has 1 atom stereocenters. The molecule has 1 aromatic rings. The summed E-state index contributed by atoms with van der Waals surface area (Å²) in [6, 6.07) is 3.67. The van der Waals surface area contributed by atoms with Gasteiger partial charge in [0.25, 0.3) is 0 Å². The molecule has 0 aliphatic carbocycles. The molecule has 15 heavy (non-hydrogen) atoms. The third-order valence-corrected chi connectivity index (χ3v) is 2.80. The molecule has 0 saturated heterocycles. The van der Waals surface area contributed by atoms with Crippen molar-refractivity contribution in [2.45, 2.75) is 33.1 Å². The SMILES string of the molecule is CNCCC(C)c1c(C)cc(C)cc1F. The van der Waals surface area contributed by atoms with Gasteiger partial charge in [0.1, 0.15) is 5.82 Å². The largest absolute Gasteiger partial charge is 0.320 e. The van der Waals surface area contributed by atoms with Crippen LogP contribution in [0.5, 0.6) is 0 Å². The quantitative estimate of drug-likeness (QED) is 0.803. The lowest BCUT2D eigenvalue weighted by molar-refractivity contribution is 0.561. The number of halogens is 1. The molecule has 0 amide bonds. The first-order valence-electron chi connectivity index (χ1n) is 5.47. The lowest BCUT2D eigenvalue weighted by atomic mass is 9.92. The first-order chi connectivity index (χ1) is 7.06. The summed E-state index contributed by atoms with van der Waals surface area (Å²) < 4.78 is 13.8. The van der Waals surface area contributed by atoms with E-state index in [1.807, 2.05) is 27.0 Å². The van der Waals surface area contributed by atoms with Crippen LogP contribution in [0, 0.1) is 19.7 Å². The predicted molar refractivity (Wildman–Crippen MR) is 62.8 cm³/mol. The first-order valence-corrected chi connectivity index (χ1v) is 5.47. The van der Waals surface area contributed by atoms with Crippen molar-refractivity contribution in [3.63, 3.8) is 0 Å². The number of benzene rings is 1.